The van der Waals surface area contributed by atoms with Gasteiger partial charge in [-0.2, -0.15) is 5.10 Å². The van der Waals surface area contributed by atoms with E-state index in [0.29, 0.717) is 37.3 Å². The van der Waals surface area contributed by atoms with E-state index in [1.807, 2.05) is 17.5 Å². The van der Waals surface area contributed by atoms with Gasteiger partial charge in [-0.25, -0.2) is 0 Å². The van der Waals surface area contributed by atoms with Gasteiger partial charge in [-0.15, -0.1) is 11.3 Å². The van der Waals surface area contributed by atoms with Crippen LogP contribution in [0.4, 0.5) is 0 Å². The molecule has 2 aromatic rings. The fourth-order valence-corrected chi connectivity index (χ4v) is 3.24. The highest BCUT2D eigenvalue weighted by Gasteiger charge is 2.30. The van der Waals surface area contributed by atoms with Crippen molar-refractivity contribution in [1.82, 2.24) is 15.1 Å². The SMILES string of the molecule is Cn1cc(C(=O)NCC2(O)CCOCC2)c(-c2cccs2)n1. The minimum absolute atomic E-state index is 0.212. The predicted octanol–water partition coefficient (Wildman–Crippen LogP) is 1.42. The first-order valence-corrected chi connectivity index (χ1v) is 8.11. The zero-order valence-electron chi connectivity index (χ0n) is 12.4. The number of nitrogens with zero attached hydrogens (tertiary/aromatic N) is 2. The number of carbonyl (C=O) groups excluding carboxylic acids is 1. The van der Waals surface area contributed by atoms with Crippen molar-refractivity contribution in [2.45, 2.75) is 18.4 Å². The monoisotopic (exact) mass is 321 g/mol. The third-order valence-corrected chi connectivity index (χ3v) is 4.71. The van der Waals surface area contributed by atoms with Gasteiger partial charge in [0.05, 0.1) is 16.0 Å². The molecule has 6 nitrogen and oxygen atoms in total. The lowest BCUT2D eigenvalue weighted by atomic mass is 9.94. The molecule has 0 bridgehead atoms. The number of hydrogen-bond donors (Lipinski definition) is 2. The number of aromatic nitrogens is 2. The van der Waals surface area contributed by atoms with Gasteiger partial charge in [-0.3, -0.25) is 9.48 Å². The number of amides is 1. The normalized spacial score (nSPS) is 17.4. The second-order valence-corrected chi connectivity index (χ2v) is 6.51. The number of ether oxygens (including phenoxy) is 1. The quantitative estimate of drug-likeness (QED) is 0.893. The maximum absolute atomic E-state index is 12.5. The number of thiophene rings is 1. The Morgan fingerprint density at radius 2 is 2.32 bits per heavy atom. The minimum Gasteiger partial charge on any atom is -0.388 e. The average Bonchev–Trinajstić information content (AvgIpc) is 3.14. The molecule has 0 spiro atoms. The molecular weight excluding hydrogens is 302 g/mol. The van der Waals surface area contributed by atoms with Crippen LogP contribution in [0.25, 0.3) is 10.6 Å². The van der Waals surface area contributed by atoms with Crippen LogP contribution in [0.15, 0.2) is 23.7 Å². The molecule has 0 aromatic carbocycles. The molecule has 1 amide bonds. The molecule has 2 N–H and O–H groups in total. The summed E-state index contributed by atoms with van der Waals surface area (Å²) in [6.45, 7) is 1.29. The summed E-state index contributed by atoms with van der Waals surface area (Å²) in [5.41, 5.74) is 0.328. The lowest BCUT2D eigenvalue weighted by Gasteiger charge is -2.32. The summed E-state index contributed by atoms with van der Waals surface area (Å²) in [4.78, 5) is 13.4. The van der Waals surface area contributed by atoms with Crippen LogP contribution in [0.2, 0.25) is 0 Å². The van der Waals surface area contributed by atoms with Crippen LogP contribution in [0, 0.1) is 0 Å². The van der Waals surface area contributed by atoms with Gasteiger partial charge >= 0.3 is 0 Å². The zero-order valence-corrected chi connectivity index (χ0v) is 13.2. The van der Waals surface area contributed by atoms with Gasteiger partial charge in [0.1, 0.15) is 5.69 Å². The summed E-state index contributed by atoms with van der Waals surface area (Å²) in [7, 11) is 1.79. The molecule has 3 heterocycles. The molecule has 7 heteroatoms. The molecule has 1 fully saturated rings. The van der Waals surface area contributed by atoms with Crippen molar-refractivity contribution in [3.8, 4) is 10.6 Å². The first-order valence-electron chi connectivity index (χ1n) is 7.23. The van der Waals surface area contributed by atoms with E-state index < -0.39 is 5.60 Å². The molecule has 0 radical (unpaired) electrons. The van der Waals surface area contributed by atoms with Crippen molar-refractivity contribution in [1.29, 1.82) is 0 Å². The first-order chi connectivity index (χ1) is 10.6. The topological polar surface area (TPSA) is 76.4 Å². The van der Waals surface area contributed by atoms with Crippen molar-refractivity contribution in [2.24, 2.45) is 7.05 Å². The van der Waals surface area contributed by atoms with Gasteiger partial charge in [-0.1, -0.05) is 6.07 Å². The van der Waals surface area contributed by atoms with E-state index in [4.69, 9.17) is 4.74 Å². The van der Waals surface area contributed by atoms with Gasteiger partial charge < -0.3 is 15.2 Å². The number of rotatable bonds is 4. The minimum atomic E-state index is -0.876. The average molecular weight is 321 g/mol. The second kappa shape index (κ2) is 6.20. The van der Waals surface area contributed by atoms with Gasteiger partial charge in [-0.05, 0) is 11.4 Å². The number of hydrogen-bond acceptors (Lipinski definition) is 5. The van der Waals surface area contributed by atoms with Gasteiger partial charge in [0.25, 0.3) is 5.91 Å². The maximum atomic E-state index is 12.5. The fourth-order valence-electron chi connectivity index (χ4n) is 2.52. The Labute approximate surface area is 132 Å². The Balaban J connectivity index is 1.73. The molecule has 1 aliphatic heterocycles. The van der Waals surface area contributed by atoms with E-state index in [0.717, 1.165) is 4.88 Å². The Morgan fingerprint density at radius 3 is 3.00 bits per heavy atom. The molecule has 1 aliphatic rings. The summed E-state index contributed by atoms with van der Waals surface area (Å²) < 4.78 is 6.88. The summed E-state index contributed by atoms with van der Waals surface area (Å²) in [6.07, 6.45) is 2.79. The van der Waals surface area contributed by atoms with Gasteiger partial charge in [0.2, 0.25) is 0 Å². The van der Waals surface area contributed by atoms with E-state index in [2.05, 4.69) is 10.4 Å². The fraction of sp³-hybridized carbons (Fsp3) is 0.467. The smallest absolute Gasteiger partial charge is 0.255 e. The standard InChI is InChI=1S/C15H19N3O3S/c1-18-9-11(13(17-18)12-3-2-8-22-12)14(19)16-10-15(20)4-6-21-7-5-15/h2-3,8-9,20H,4-7,10H2,1H3,(H,16,19). The Morgan fingerprint density at radius 1 is 1.55 bits per heavy atom. The van der Waals surface area contributed by atoms with Crippen molar-refractivity contribution in [2.75, 3.05) is 19.8 Å². The molecule has 0 aliphatic carbocycles. The van der Waals surface area contributed by atoms with Crippen molar-refractivity contribution in [3.63, 3.8) is 0 Å². The van der Waals surface area contributed by atoms with Gasteiger partial charge in [0.15, 0.2) is 0 Å². The first kappa shape index (κ1) is 15.2. The summed E-state index contributed by atoms with van der Waals surface area (Å²) >= 11 is 1.54. The number of aliphatic hydroxyl groups is 1. The van der Waals surface area contributed by atoms with Crippen LogP contribution >= 0.6 is 11.3 Å². The molecule has 0 atom stereocenters. The zero-order chi connectivity index (χ0) is 15.6. The molecule has 1 saturated heterocycles. The number of carbonyl (C=O) groups is 1. The lowest BCUT2D eigenvalue weighted by molar-refractivity contribution is -0.0605. The van der Waals surface area contributed by atoms with Gasteiger partial charge in [0, 0.05) is 45.8 Å². The summed E-state index contributed by atoms with van der Waals surface area (Å²) in [5.74, 6) is -0.212. The van der Waals surface area contributed by atoms with E-state index in [-0.39, 0.29) is 12.5 Å². The number of nitrogens with one attached hydrogen (secondary N) is 1. The van der Waals surface area contributed by atoms with Crippen LogP contribution in [0.5, 0.6) is 0 Å². The molecule has 0 unspecified atom stereocenters. The highest BCUT2D eigenvalue weighted by molar-refractivity contribution is 7.13. The Bertz CT molecular complexity index is 645. The Kier molecular flexibility index (Phi) is 4.28. The van der Waals surface area contributed by atoms with Crippen LogP contribution in [0.3, 0.4) is 0 Å². The third-order valence-electron chi connectivity index (χ3n) is 3.83. The summed E-state index contributed by atoms with van der Waals surface area (Å²) in [5, 5.41) is 19.6. The summed E-state index contributed by atoms with van der Waals surface area (Å²) in [6, 6.07) is 3.87. The highest BCUT2D eigenvalue weighted by Crippen LogP contribution is 2.26. The van der Waals surface area contributed by atoms with Crippen molar-refractivity contribution in [3.05, 3.63) is 29.3 Å². The van der Waals surface area contributed by atoms with E-state index >= 15 is 0 Å². The largest absolute Gasteiger partial charge is 0.388 e. The van der Waals surface area contributed by atoms with Crippen LogP contribution in [-0.4, -0.2) is 46.2 Å². The van der Waals surface area contributed by atoms with E-state index in [9.17, 15) is 9.90 Å². The number of aryl methyl sites for hydroxylation is 1. The maximum Gasteiger partial charge on any atom is 0.255 e. The molecule has 3 rings (SSSR count). The third kappa shape index (κ3) is 3.21. The molecule has 118 valence electrons. The molecule has 0 saturated carbocycles. The molecule has 2 aromatic heterocycles. The van der Waals surface area contributed by atoms with E-state index in [1.54, 1.807) is 29.3 Å². The van der Waals surface area contributed by atoms with Crippen LogP contribution < -0.4 is 5.32 Å². The second-order valence-electron chi connectivity index (χ2n) is 5.56. The highest BCUT2D eigenvalue weighted by atomic mass is 32.1. The lowest BCUT2D eigenvalue weighted by Crippen LogP contribution is -2.46. The van der Waals surface area contributed by atoms with Crippen molar-refractivity contribution < 1.29 is 14.6 Å². The van der Waals surface area contributed by atoms with Crippen LogP contribution in [-0.2, 0) is 11.8 Å². The molecular formula is C15H19N3O3S. The van der Waals surface area contributed by atoms with Crippen molar-refractivity contribution >= 4 is 17.2 Å². The van der Waals surface area contributed by atoms with E-state index in [1.165, 1.54) is 0 Å². The van der Waals surface area contributed by atoms with Crippen LogP contribution in [0.1, 0.15) is 23.2 Å². The Hall–Kier alpha value is -1.70. The predicted molar refractivity (Wildman–Crippen MR) is 83.9 cm³/mol. The molecule has 22 heavy (non-hydrogen) atoms.